The van der Waals surface area contributed by atoms with Crippen molar-refractivity contribution in [3.05, 3.63) is 0 Å². The van der Waals surface area contributed by atoms with Gasteiger partial charge in [-0.05, 0) is 41.3 Å². The summed E-state index contributed by atoms with van der Waals surface area (Å²) in [5.74, 6) is 0. The molecular formula is C6H19N2NaO2Si2. The molecule has 0 unspecified atom stereocenters. The molecule has 0 atom stereocenters. The Morgan fingerprint density at radius 1 is 0.769 bits per heavy atom. The third kappa shape index (κ3) is 19.2. The van der Waals surface area contributed by atoms with E-state index < -0.39 is 17.7 Å². The fourth-order valence-electron chi connectivity index (χ4n) is 0. The molecule has 0 aromatic heterocycles. The van der Waals surface area contributed by atoms with Gasteiger partial charge in [-0.1, -0.05) is 0 Å². The monoisotopic (exact) mass is 230 g/mol. The van der Waals surface area contributed by atoms with E-state index in [0.717, 1.165) is 0 Å². The summed E-state index contributed by atoms with van der Waals surface area (Å²) in [6.07, 6.45) is 0. The molecule has 0 fully saturated rings. The molecule has 0 radical (unpaired) electrons. The Bertz CT molecular complexity index is 147. The van der Waals surface area contributed by atoms with Crippen LogP contribution in [-0.4, -0.2) is 84.6 Å². The van der Waals surface area contributed by atoms with Crippen LogP contribution in [-0.2, 0) is 8.92 Å². The van der Waals surface area contributed by atoms with Crippen molar-refractivity contribution in [1.29, 1.82) is 0 Å². The Kier molecular flexibility index (Phi) is 15.9. The normalized spacial score (nSPS) is 7.23. The van der Waals surface area contributed by atoms with Gasteiger partial charge in [-0.2, -0.15) is 0 Å². The molecule has 4 nitrogen and oxygen atoms in total. The summed E-state index contributed by atoms with van der Waals surface area (Å²) < 4.78 is 23.9. The molecule has 0 aliphatic rings. The van der Waals surface area contributed by atoms with Gasteiger partial charge in [0.15, 0.2) is 0 Å². The van der Waals surface area contributed by atoms with E-state index in [1.165, 1.54) is 0 Å². The molecule has 0 saturated heterocycles. The molecular weight excluding hydrogens is 211 g/mol. The molecule has 0 saturated carbocycles. The molecule has 0 heterocycles. The number of hydrogen-bond donors (Lipinski definition) is 0. The van der Waals surface area contributed by atoms with Crippen LogP contribution in [0.5, 0.6) is 0 Å². The van der Waals surface area contributed by atoms with Crippen LogP contribution >= 0.6 is 0 Å². The van der Waals surface area contributed by atoms with Gasteiger partial charge in [0.1, 0.15) is 0 Å². The summed E-state index contributed by atoms with van der Waals surface area (Å²) >= 11 is 0. The van der Waals surface area contributed by atoms with E-state index in [1.807, 2.05) is 0 Å². The molecule has 0 aliphatic carbocycles. The predicted molar refractivity (Wildman–Crippen MR) is 59.1 cm³/mol. The molecule has 0 aliphatic heterocycles. The summed E-state index contributed by atoms with van der Waals surface area (Å²) in [6.45, 7) is 3.43. The van der Waals surface area contributed by atoms with Gasteiger partial charge in [-0.3, -0.25) is 0 Å². The minimum absolute atomic E-state index is 0. The van der Waals surface area contributed by atoms with Crippen LogP contribution in [0.3, 0.4) is 0 Å². The van der Waals surface area contributed by atoms with E-state index in [9.17, 15) is 8.92 Å². The molecule has 0 aromatic rings. The van der Waals surface area contributed by atoms with Gasteiger partial charge in [-0.25, -0.2) is 0 Å². The van der Waals surface area contributed by atoms with E-state index in [2.05, 4.69) is 0 Å². The van der Waals surface area contributed by atoms with Gasteiger partial charge in [0.2, 0.25) is 0 Å². The van der Waals surface area contributed by atoms with Crippen LogP contribution in [0, 0.1) is 0 Å². The van der Waals surface area contributed by atoms with Crippen molar-refractivity contribution in [2.24, 2.45) is 0 Å². The summed E-state index contributed by atoms with van der Waals surface area (Å²) in [4.78, 5) is 0. The quantitative estimate of drug-likeness (QED) is 0.602. The van der Waals surface area contributed by atoms with Crippen molar-refractivity contribution < 1.29 is 8.92 Å². The number of nitrogens with zero attached hydrogens (tertiary/aromatic N) is 2. The Morgan fingerprint density at radius 2 is 0.846 bits per heavy atom. The van der Waals surface area contributed by atoms with E-state index >= 15 is 0 Å². The predicted octanol–water partition coefficient (Wildman–Crippen LogP) is -0.455. The third-order valence-electron chi connectivity index (χ3n) is 1.26. The standard InChI is InChI=1S/2C3H9NOSi.Na.H/c2*1-4(2)6(3)5;;/h2*1-3H3;;. The zero-order chi connectivity index (χ0) is 10.3. The molecule has 0 N–H and O–H groups in total. The number of hydrogen-bond acceptors (Lipinski definition) is 2. The van der Waals surface area contributed by atoms with Crippen molar-refractivity contribution in [3.63, 3.8) is 0 Å². The first kappa shape index (κ1) is 19.2. The first-order chi connectivity index (χ1) is 5.29. The summed E-state index contributed by atoms with van der Waals surface area (Å²) in [5.41, 5.74) is 0. The van der Waals surface area contributed by atoms with Crippen LogP contribution in [0.15, 0.2) is 0 Å². The van der Waals surface area contributed by atoms with Crippen molar-refractivity contribution in [2.45, 2.75) is 13.1 Å². The molecule has 0 rings (SSSR count). The second-order valence-electron chi connectivity index (χ2n) is 2.83. The average Bonchev–Trinajstić information content (AvgIpc) is 1.88. The van der Waals surface area contributed by atoms with E-state index in [1.54, 1.807) is 50.4 Å². The maximum atomic E-state index is 10.3. The SMILES string of the molecule is CN(C)[Si](C)=O.CN(C)[Si](C)=O.[NaH]. The molecule has 0 spiro atoms. The molecule has 0 aromatic carbocycles. The van der Waals surface area contributed by atoms with Crippen molar-refractivity contribution >= 4 is 47.2 Å². The summed E-state index contributed by atoms with van der Waals surface area (Å²) in [7, 11) is 4.49. The fourth-order valence-corrected chi connectivity index (χ4v) is 0. The Labute approximate surface area is 106 Å². The van der Waals surface area contributed by atoms with Crippen LogP contribution < -0.4 is 0 Å². The Balaban J connectivity index is -0.000000143. The first-order valence-corrected chi connectivity index (χ1v) is 7.36. The molecule has 74 valence electrons. The fraction of sp³-hybridized carbons (Fsp3) is 1.00. The van der Waals surface area contributed by atoms with Gasteiger partial charge in [0, 0.05) is 0 Å². The van der Waals surface area contributed by atoms with E-state index in [0.29, 0.717) is 0 Å². The molecule has 0 amide bonds. The molecule has 13 heavy (non-hydrogen) atoms. The van der Waals surface area contributed by atoms with Crippen molar-refractivity contribution in [2.75, 3.05) is 28.2 Å². The van der Waals surface area contributed by atoms with Crippen LogP contribution in [0.4, 0.5) is 0 Å². The van der Waals surface area contributed by atoms with Crippen molar-refractivity contribution in [1.82, 2.24) is 9.13 Å². The Hall–Kier alpha value is 0.634. The second kappa shape index (κ2) is 10.7. The zero-order valence-electron chi connectivity index (χ0n) is 8.71. The zero-order valence-corrected chi connectivity index (χ0v) is 10.7. The second-order valence-corrected chi connectivity index (χ2v) is 6.69. The van der Waals surface area contributed by atoms with E-state index in [4.69, 9.17) is 0 Å². The topological polar surface area (TPSA) is 40.6 Å². The average molecular weight is 230 g/mol. The maximum absolute atomic E-state index is 10.3. The van der Waals surface area contributed by atoms with Gasteiger partial charge in [-0.15, -0.1) is 0 Å². The van der Waals surface area contributed by atoms with Crippen molar-refractivity contribution in [3.8, 4) is 0 Å². The van der Waals surface area contributed by atoms with E-state index in [-0.39, 0.29) is 29.6 Å². The van der Waals surface area contributed by atoms with Crippen LogP contribution in [0.2, 0.25) is 13.1 Å². The molecule has 0 bridgehead atoms. The van der Waals surface area contributed by atoms with Gasteiger partial charge in [0.25, 0.3) is 0 Å². The third-order valence-corrected chi connectivity index (χ3v) is 3.78. The van der Waals surface area contributed by atoms with Crippen LogP contribution in [0.25, 0.3) is 0 Å². The number of rotatable bonds is 2. The van der Waals surface area contributed by atoms with Gasteiger partial charge >= 0.3 is 47.2 Å². The van der Waals surface area contributed by atoms with Crippen LogP contribution in [0.1, 0.15) is 0 Å². The molecule has 7 heteroatoms. The Morgan fingerprint density at radius 3 is 0.846 bits per heavy atom. The van der Waals surface area contributed by atoms with Gasteiger partial charge < -0.3 is 18.1 Å². The summed E-state index contributed by atoms with van der Waals surface area (Å²) in [5, 5.41) is 0. The minimum atomic E-state index is -1.37. The summed E-state index contributed by atoms with van der Waals surface area (Å²) in [6, 6.07) is 0. The van der Waals surface area contributed by atoms with Gasteiger partial charge in [0.05, 0.1) is 0 Å². The first-order valence-electron chi connectivity index (χ1n) is 3.64.